The van der Waals surface area contributed by atoms with E-state index in [9.17, 15) is 13.2 Å². The van der Waals surface area contributed by atoms with Crippen molar-refractivity contribution < 1.29 is 13.2 Å². The number of thiophene rings is 1. The standard InChI is InChI=1S/C10H15BrN2O3S2/c1-3-6-12-9(14)7-13(2)18(15,16)10-5-4-8(11)17-10/h4-5H,3,6-7H2,1-2H3,(H,12,14). The molecule has 0 saturated carbocycles. The van der Waals surface area contributed by atoms with Crippen LogP contribution in [0.2, 0.25) is 0 Å². The molecule has 18 heavy (non-hydrogen) atoms. The highest BCUT2D eigenvalue weighted by Crippen LogP contribution is 2.27. The van der Waals surface area contributed by atoms with Crippen LogP contribution in [0.15, 0.2) is 20.1 Å². The lowest BCUT2D eigenvalue weighted by Gasteiger charge is -2.15. The van der Waals surface area contributed by atoms with Gasteiger partial charge in [0.25, 0.3) is 10.0 Å². The third-order valence-electron chi connectivity index (χ3n) is 2.15. The summed E-state index contributed by atoms with van der Waals surface area (Å²) in [5.74, 6) is -0.293. The molecular formula is C10H15BrN2O3S2. The van der Waals surface area contributed by atoms with E-state index in [1.807, 2.05) is 6.92 Å². The van der Waals surface area contributed by atoms with Gasteiger partial charge in [-0.3, -0.25) is 4.79 Å². The molecule has 1 heterocycles. The van der Waals surface area contributed by atoms with Crippen LogP contribution in [0.3, 0.4) is 0 Å². The quantitative estimate of drug-likeness (QED) is 0.844. The Hall–Kier alpha value is -0.440. The van der Waals surface area contributed by atoms with Crippen molar-refractivity contribution >= 4 is 43.2 Å². The Morgan fingerprint density at radius 1 is 1.50 bits per heavy atom. The summed E-state index contributed by atoms with van der Waals surface area (Å²) < 4.78 is 26.2. The lowest BCUT2D eigenvalue weighted by molar-refractivity contribution is -0.121. The largest absolute Gasteiger partial charge is 0.355 e. The summed E-state index contributed by atoms with van der Waals surface area (Å²) >= 11 is 4.34. The summed E-state index contributed by atoms with van der Waals surface area (Å²) in [6.45, 7) is 2.32. The number of hydrogen-bond donors (Lipinski definition) is 1. The van der Waals surface area contributed by atoms with Crippen molar-refractivity contribution in [2.45, 2.75) is 17.6 Å². The zero-order valence-electron chi connectivity index (χ0n) is 10.1. The minimum Gasteiger partial charge on any atom is -0.355 e. The molecule has 0 saturated heterocycles. The molecule has 1 aromatic heterocycles. The first-order chi connectivity index (χ1) is 8.37. The Balaban J connectivity index is 2.71. The maximum atomic E-state index is 12.1. The summed E-state index contributed by atoms with van der Waals surface area (Å²) in [4.78, 5) is 11.5. The highest BCUT2D eigenvalue weighted by atomic mass is 79.9. The van der Waals surface area contributed by atoms with E-state index in [1.54, 1.807) is 6.07 Å². The van der Waals surface area contributed by atoms with Gasteiger partial charge in [0.15, 0.2) is 0 Å². The number of hydrogen-bond acceptors (Lipinski definition) is 4. The summed E-state index contributed by atoms with van der Waals surface area (Å²) in [7, 11) is -2.18. The maximum absolute atomic E-state index is 12.1. The molecule has 1 N–H and O–H groups in total. The van der Waals surface area contributed by atoms with E-state index < -0.39 is 10.0 Å². The van der Waals surface area contributed by atoms with Crippen LogP contribution in [-0.2, 0) is 14.8 Å². The molecular weight excluding hydrogens is 340 g/mol. The highest BCUT2D eigenvalue weighted by Gasteiger charge is 2.24. The van der Waals surface area contributed by atoms with Crippen LogP contribution in [0.5, 0.6) is 0 Å². The Bertz CT molecular complexity index is 513. The third kappa shape index (κ3) is 4.04. The zero-order chi connectivity index (χ0) is 13.8. The van der Waals surface area contributed by atoms with Gasteiger partial charge in [-0.05, 0) is 34.5 Å². The van der Waals surface area contributed by atoms with E-state index in [0.717, 1.165) is 25.8 Å². The molecule has 0 aliphatic carbocycles. The number of amides is 1. The first kappa shape index (κ1) is 15.6. The van der Waals surface area contributed by atoms with Crippen molar-refractivity contribution in [1.82, 2.24) is 9.62 Å². The van der Waals surface area contributed by atoms with E-state index >= 15 is 0 Å². The van der Waals surface area contributed by atoms with Crippen molar-refractivity contribution in [2.75, 3.05) is 20.1 Å². The zero-order valence-corrected chi connectivity index (χ0v) is 13.4. The maximum Gasteiger partial charge on any atom is 0.252 e. The number of nitrogens with one attached hydrogen (secondary N) is 1. The first-order valence-corrected chi connectivity index (χ1v) is 8.41. The molecule has 5 nitrogen and oxygen atoms in total. The minimum atomic E-state index is -3.58. The molecule has 1 aromatic rings. The summed E-state index contributed by atoms with van der Waals surface area (Å²) in [5, 5.41) is 2.64. The monoisotopic (exact) mass is 354 g/mol. The molecule has 0 aliphatic heterocycles. The second-order valence-corrected chi connectivity index (χ2v) is 8.40. The number of rotatable bonds is 6. The van der Waals surface area contributed by atoms with Gasteiger partial charge in [0.2, 0.25) is 5.91 Å². The van der Waals surface area contributed by atoms with Crippen LogP contribution in [0.25, 0.3) is 0 Å². The Morgan fingerprint density at radius 3 is 2.67 bits per heavy atom. The Labute approximate surface area is 119 Å². The topological polar surface area (TPSA) is 66.5 Å². The predicted molar refractivity (Wildman–Crippen MR) is 75.1 cm³/mol. The summed E-state index contributed by atoms with van der Waals surface area (Å²) in [5.41, 5.74) is 0. The number of nitrogens with zero attached hydrogens (tertiary/aromatic N) is 1. The molecule has 1 rings (SSSR count). The van der Waals surface area contributed by atoms with Crippen LogP contribution >= 0.6 is 27.3 Å². The molecule has 0 atom stereocenters. The highest BCUT2D eigenvalue weighted by molar-refractivity contribution is 9.11. The fraction of sp³-hybridized carbons (Fsp3) is 0.500. The molecule has 0 aromatic carbocycles. The SMILES string of the molecule is CCCNC(=O)CN(C)S(=O)(=O)c1ccc(Br)s1. The van der Waals surface area contributed by atoms with Crippen LogP contribution in [0.1, 0.15) is 13.3 Å². The van der Waals surface area contributed by atoms with Crippen molar-refractivity contribution in [3.8, 4) is 0 Å². The Morgan fingerprint density at radius 2 is 2.17 bits per heavy atom. The van der Waals surface area contributed by atoms with Gasteiger partial charge in [-0.15, -0.1) is 11.3 Å². The van der Waals surface area contributed by atoms with Gasteiger partial charge >= 0.3 is 0 Å². The smallest absolute Gasteiger partial charge is 0.252 e. The van der Waals surface area contributed by atoms with Gasteiger partial charge in [-0.2, -0.15) is 4.31 Å². The second kappa shape index (κ2) is 6.65. The average molecular weight is 355 g/mol. The van der Waals surface area contributed by atoms with E-state index in [-0.39, 0.29) is 16.7 Å². The van der Waals surface area contributed by atoms with Crippen LogP contribution in [0.4, 0.5) is 0 Å². The molecule has 0 spiro atoms. The van der Waals surface area contributed by atoms with Gasteiger partial charge in [0, 0.05) is 13.6 Å². The molecule has 0 unspecified atom stereocenters. The van der Waals surface area contributed by atoms with Gasteiger partial charge in [0.1, 0.15) is 4.21 Å². The van der Waals surface area contributed by atoms with Gasteiger partial charge < -0.3 is 5.32 Å². The van der Waals surface area contributed by atoms with Gasteiger partial charge in [-0.1, -0.05) is 6.92 Å². The number of halogens is 1. The molecule has 0 fully saturated rings. The molecule has 0 aliphatic rings. The van der Waals surface area contributed by atoms with Crippen LogP contribution in [-0.4, -0.2) is 38.8 Å². The van der Waals surface area contributed by atoms with Crippen molar-refractivity contribution in [1.29, 1.82) is 0 Å². The number of sulfonamides is 1. The van der Waals surface area contributed by atoms with E-state index in [0.29, 0.717) is 6.54 Å². The average Bonchev–Trinajstić information content (AvgIpc) is 2.73. The van der Waals surface area contributed by atoms with Crippen molar-refractivity contribution in [2.24, 2.45) is 0 Å². The van der Waals surface area contributed by atoms with Crippen molar-refractivity contribution in [3.63, 3.8) is 0 Å². The fourth-order valence-electron chi connectivity index (χ4n) is 1.20. The van der Waals surface area contributed by atoms with Gasteiger partial charge in [0.05, 0.1) is 10.3 Å². The molecule has 102 valence electrons. The van der Waals surface area contributed by atoms with Crippen LogP contribution in [0, 0.1) is 0 Å². The van der Waals surface area contributed by atoms with E-state index in [4.69, 9.17) is 0 Å². The summed E-state index contributed by atoms with van der Waals surface area (Å²) in [6, 6.07) is 3.19. The normalized spacial score (nSPS) is 11.8. The molecule has 0 radical (unpaired) electrons. The van der Waals surface area contributed by atoms with Crippen molar-refractivity contribution in [3.05, 3.63) is 15.9 Å². The molecule has 0 bridgehead atoms. The minimum absolute atomic E-state index is 0.169. The predicted octanol–water partition coefficient (Wildman–Crippen LogP) is 1.66. The summed E-state index contributed by atoms with van der Waals surface area (Å²) in [6.07, 6.45) is 0.820. The van der Waals surface area contributed by atoms with E-state index in [1.165, 1.54) is 13.1 Å². The molecule has 1 amide bonds. The second-order valence-electron chi connectivity index (χ2n) is 3.67. The number of carbonyl (C=O) groups is 1. The van der Waals surface area contributed by atoms with E-state index in [2.05, 4.69) is 21.2 Å². The Kier molecular flexibility index (Phi) is 5.77. The van der Waals surface area contributed by atoms with Gasteiger partial charge in [-0.25, -0.2) is 8.42 Å². The lowest BCUT2D eigenvalue weighted by atomic mass is 10.4. The first-order valence-electron chi connectivity index (χ1n) is 5.36. The molecule has 8 heteroatoms. The van der Waals surface area contributed by atoms with Crippen LogP contribution < -0.4 is 5.32 Å². The lowest BCUT2D eigenvalue weighted by Crippen LogP contribution is -2.38. The fourth-order valence-corrected chi connectivity index (χ4v) is 4.55. The number of carbonyl (C=O) groups excluding carboxylic acids is 1. The third-order valence-corrected chi connectivity index (χ3v) is 6.05. The number of likely N-dealkylation sites (N-methyl/N-ethyl adjacent to an activating group) is 1.